The molecule has 2 N–H and O–H groups in total. The predicted molar refractivity (Wildman–Crippen MR) is 124 cm³/mol. The SMILES string of the molecule is Cc1oc(-c2ccc(NC(=O)Cc3ccccc3)cc2)nc1CNC(=O)CC1CCCC1. The van der Waals surface area contributed by atoms with Crippen molar-refractivity contribution in [3.05, 3.63) is 71.6 Å². The number of oxazole rings is 1. The van der Waals surface area contributed by atoms with E-state index in [1.54, 1.807) is 0 Å². The molecule has 6 nitrogen and oxygen atoms in total. The fourth-order valence-corrected chi connectivity index (χ4v) is 4.13. The molecule has 1 heterocycles. The highest BCUT2D eigenvalue weighted by Crippen LogP contribution is 2.27. The van der Waals surface area contributed by atoms with E-state index in [4.69, 9.17) is 4.42 Å². The molecular weight excluding hydrogens is 402 g/mol. The van der Waals surface area contributed by atoms with E-state index >= 15 is 0 Å². The quantitative estimate of drug-likeness (QED) is 0.524. The predicted octanol–water partition coefficient (Wildman–Crippen LogP) is 5.03. The lowest BCUT2D eigenvalue weighted by Crippen LogP contribution is -2.25. The number of rotatable bonds is 8. The Morgan fingerprint density at radius 1 is 1.00 bits per heavy atom. The van der Waals surface area contributed by atoms with E-state index in [0.29, 0.717) is 37.0 Å². The molecule has 0 saturated heterocycles. The molecule has 1 saturated carbocycles. The van der Waals surface area contributed by atoms with Gasteiger partial charge in [-0.05, 0) is 55.5 Å². The van der Waals surface area contributed by atoms with Gasteiger partial charge in [-0.1, -0.05) is 43.2 Å². The number of amides is 2. The van der Waals surface area contributed by atoms with Crippen molar-refractivity contribution in [1.29, 1.82) is 0 Å². The van der Waals surface area contributed by atoms with Gasteiger partial charge < -0.3 is 15.1 Å². The summed E-state index contributed by atoms with van der Waals surface area (Å²) in [7, 11) is 0. The summed E-state index contributed by atoms with van der Waals surface area (Å²) in [4.78, 5) is 29.0. The smallest absolute Gasteiger partial charge is 0.228 e. The molecule has 0 atom stereocenters. The normalized spacial score (nSPS) is 13.8. The first-order valence-corrected chi connectivity index (χ1v) is 11.2. The monoisotopic (exact) mass is 431 g/mol. The highest BCUT2D eigenvalue weighted by atomic mass is 16.4. The van der Waals surface area contributed by atoms with Crippen LogP contribution in [0.2, 0.25) is 0 Å². The zero-order chi connectivity index (χ0) is 22.3. The van der Waals surface area contributed by atoms with Gasteiger partial charge in [0.25, 0.3) is 0 Å². The number of carbonyl (C=O) groups is 2. The van der Waals surface area contributed by atoms with E-state index < -0.39 is 0 Å². The fraction of sp³-hybridized carbons (Fsp3) is 0.346. The van der Waals surface area contributed by atoms with Crippen LogP contribution >= 0.6 is 0 Å². The summed E-state index contributed by atoms with van der Waals surface area (Å²) in [6.07, 6.45) is 5.71. The number of aryl methyl sites for hydroxylation is 1. The van der Waals surface area contributed by atoms with Crippen LogP contribution < -0.4 is 10.6 Å². The Hall–Kier alpha value is -3.41. The fourth-order valence-electron chi connectivity index (χ4n) is 4.13. The standard InChI is InChI=1S/C26H29N3O3/c1-18-23(17-27-24(30)15-19-9-5-6-10-19)29-26(32-18)21-11-13-22(14-12-21)28-25(31)16-20-7-3-2-4-8-20/h2-4,7-8,11-14,19H,5-6,9-10,15-17H2,1H3,(H,27,30)(H,28,31). The number of aromatic nitrogens is 1. The number of hydrogen-bond donors (Lipinski definition) is 2. The number of hydrogen-bond acceptors (Lipinski definition) is 4. The van der Waals surface area contributed by atoms with Crippen molar-refractivity contribution in [3.63, 3.8) is 0 Å². The molecule has 2 amide bonds. The third kappa shape index (κ3) is 5.84. The van der Waals surface area contributed by atoms with Gasteiger partial charge in [-0.15, -0.1) is 0 Å². The van der Waals surface area contributed by atoms with Crippen LogP contribution in [0.25, 0.3) is 11.5 Å². The van der Waals surface area contributed by atoms with Crippen LogP contribution in [0.4, 0.5) is 5.69 Å². The van der Waals surface area contributed by atoms with Gasteiger partial charge in [0.2, 0.25) is 17.7 Å². The second-order valence-electron chi connectivity index (χ2n) is 8.44. The van der Waals surface area contributed by atoms with Crippen molar-refractivity contribution >= 4 is 17.5 Å². The second-order valence-corrected chi connectivity index (χ2v) is 8.44. The molecule has 0 radical (unpaired) electrons. The second kappa shape index (κ2) is 10.3. The zero-order valence-corrected chi connectivity index (χ0v) is 18.4. The summed E-state index contributed by atoms with van der Waals surface area (Å²) < 4.78 is 5.82. The maximum Gasteiger partial charge on any atom is 0.228 e. The summed E-state index contributed by atoms with van der Waals surface area (Å²) in [5.41, 5.74) is 3.25. The van der Waals surface area contributed by atoms with Gasteiger partial charge in [0, 0.05) is 17.7 Å². The Bertz CT molecular complexity index is 1050. The van der Waals surface area contributed by atoms with Crippen molar-refractivity contribution in [2.24, 2.45) is 5.92 Å². The molecule has 3 aromatic rings. The summed E-state index contributed by atoms with van der Waals surface area (Å²) in [6.45, 7) is 2.22. The Balaban J connectivity index is 1.31. The summed E-state index contributed by atoms with van der Waals surface area (Å²) in [6, 6.07) is 17.0. The van der Waals surface area contributed by atoms with Gasteiger partial charge in [0.05, 0.1) is 13.0 Å². The van der Waals surface area contributed by atoms with Crippen molar-refractivity contribution in [2.45, 2.75) is 52.0 Å². The van der Waals surface area contributed by atoms with Gasteiger partial charge in [0.1, 0.15) is 11.5 Å². The van der Waals surface area contributed by atoms with Crippen LogP contribution in [0.1, 0.15) is 49.1 Å². The first-order valence-electron chi connectivity index (χ1n) is 11.2. The minimum atomic E-state index is -0.0634. The van der Waals surface area contributed by atoms with E-state index in [1.165, 1.54) is 12.8 Å². The Kier molecular flexibility index (Phi) is 7.00. The van der Waals surface area contributed by atoms with Crippen molar-refractivity contribution in [1.82, 2.24) is 10.3 Å². The molecule has 0 unspecified atom stereocenters. The molecule has 0 aliphatic heterocycles. The van der Waals surface area contributed by atoms with E-state index in [0.717, 1.165) is 35.3 Å². The molecule has 1 aliphatic rings. The van der Waals surface area contributed by atoms with Crippen LogP contribution in [0.15, 0.2) is 59.0 Å². The van der Waals surface area contributed by atoms with Gasteiger partial charge in [-0.25, -0.2) is 4.98 Å². The van der Waals surface area contributed by atoms with Crippen molar-refractivity contribution in [2.75, 3.05) is 5.32 Å². The highest BCUT2D eigenvalue weighted by molar-refractivity contribution is 5.92. The first kappa shape index (κ1) is 21.8. The molecule has 1 aliphatic carbocycles. The highest BCUT2D eigenvalue weighted by Gasteiger charge is 2.19. The number of carbonyl (C=O) groups excluding carboxylic acids is 2. The maximum absolute atomic E-state index is 12.2. The van der Waals surface area contributed by atoms with Gasteiger partial charge in [0.15, 0.2) is 0 Å². The van der Waals surface area contributed by atoms with Gasteiger partial charge >= 0.3 is 0 Å². The molecule has 166 valence electrons. The van der Waals surface area contributed by atoms with Crippen molar-refractivity contribution in [3.8, 4) is 11.5 Å². The van der Waals surface area contributed by atoms with Crippen LogP contribution in [0.5, 0.6) is 0 Å². The molecular formula is C26H29N3O3. The zero-order valence-electron chi connectivity index (χ0n) is 18.4. The van der Waals surface area contributed by atoms with Crippen LogP contribution in [0.3, 0.4) is 0 Å². The molecule has 4 rings (SSSR count). The first-order chi connectivity index (χ1) is 15.6. The topological polar surface area (TPSA) is 84.2 Å². The van der Waals surface area contributed by atoms with Gasteiger partial charge in [-0.2, -0.15) is 0 Å². The van der Waals surface area contributed by atoms with Crippen LogP contribution in [-0.4, -0.2) is 16.8 Å². The Morgan fingerprint density at radius 3 is 2.44 bits per heavy atom. The van der Waals surface area contributed by atoms with Crippen LogP contribution in [-0.2, 0) is 22.6 Å². The summed E-state index contributed by atoms with van der Waals surface area (Å²) >= 11 is 0. The third-order valence-electron chi connectivity index (χ3n) is 5.92. The molecule has 6 heteroatoms. The van der Waals surface area contributed by atoms with E-state index in [-0.39, 0.29) is 11.8 Å². The largest absolute Gasteiger partial charge is 0.441 e. The average molecular weight is 432 g/mol. The Morgan fingerprint density at radius 2 is 1.72 bits per heavy atom. The lowest BCUT2D eigenvalue weighted by atomic mass is 10.0. The number of nitrogens with one attached hydrogen (secondary N) is 2. The number of nitrogens with zero attached hydrogens (tertiary/aromatic N) is 1. The lowest BCUT2D eigenvalue weighted by Gasteiger charge is -2.08. The average Bonchev–Trinajstić information content (AvgIpc) is 3.43. The molecule has 0 bridgehead atoms. The number of benzene rings is 2. The molecule has 32 heavy (non-hydrogen) atoms. The molecule has 2 aromatic carbocycles. The lowest BCUT2D eigenvalue weighted by molar-refractivity contribution is -0.122. The maximum atomic E-state index is 12.2. The Labute approximate surface area is 188 Å². The summed E-state index contributed by atoms with van der Waals surface area (Å²) in [5.74, 6) is 1.74. The molecule has 0 spiro atoms. The minimum Gasteiger partial charge on any atom is -0.441 e. The number of anilines is 1. The van der Waals surface area contributed by atoms with Gasteiger partial charge in [-0.3, -0.25) is 9.59 Å². The van der Waals surface area contributed by atoms with E-state index in [9.17, 15) is 9.59 Å². The molecule has 1 aromatic heterocycles. The minimum absolute atomic E-state index is 0.0634. The molecule has 1 fully saturated rings. The van der Waals surface area contributed by atoms with Crippen molar-refractivity contribution < 1.29 is 14.0 Å². The third-order valence-corrected chi connectivity index (χ3v) is 5.92. The van der Waals surface area contributed by atoms with Crippen LogP contribution in [0, 0.1) is 12.8 Å². The van der Waals surface area contributed by atoms with E-state index in [2.05, 4.69) is 15.6 Å². The summed E-state index contributed by atoms with van der Waals surface area (Å²) in [5, 5.41) is 5.88. The van der Waals surface area contributed by atoms with E-state index in [1.807, 2.05) is 61.5 Å².